The third-order valence-corrected chi connectivity index (χ3v) is 6.19. The van der Waals surface area contributed by atoms with Crippen molar-refractivity contribution in [2.45, 2.75) is 25.6 Å². The first-order valence-electron chi connectivity index (χ1n) is 7.32. The number of carbonyl (C=O) groups excluding carboxylic acids is 1. The van der Waals surface area contributed by atoms with Crippen LogP contribution in [0.4, 0.5) is 4.39 Å². The van der Waals surface area contributed by atoms with E-state index >= 15 is 0 Å². The standard InChI is InChI=1S/C15H19FN2O3S/c1-11(19)18-7-6-17(8-12-2-4-13(16)5-3-12)14-9-22(20,21)10-15(14)18/h2-5,14-15H,6-10H2,1H3/t14-,15+/m1/s1. The van der Waals surface area contributed by atoms with Crippen LogP contribution in [0.2, 0.25) is 0 Å². The van der Waals surface area contributed by atoms with Gasteiger partial charge in [0.05, 0.1) is 17.5 Å². The lowest BCUT2D eigenvalue weighted by atomic mass is 10.0. The van der Waals surface area contributed by atoms with Gasteiger partial charge in [0, 0.05) is 32.6 Å². The molecule has 0 bridgehead atoms. The summed E-state index contributed by atoms with van der Waals surface area (Å²) in [4.78, 5) is 15.5. The van der Waals surface area contributed by atoms with Gasteiger partial charge in [0.15, 0.2) is 9.84 Å². The molecule has 0 N–H and O–H groups in total. The average Bonchev–Trinajstić information content (AvgIpc) is 2.76. The molecule has 3 rings (SSSR count). The lowest BCUT2D eigenvalue weighted by molar-refractivity contribution is -0.134. The summed E-state index contributed by atoms with van der Waals surface area (Å²) in [5.41, 5.74) is 0.945. The minimum Gasteiger partial charge on any atom is -0.336 e. The second kappa shape index (κ2) is 5.62. The molecule has 1 aromatic rings. The van der Waals surface area contributed by atoms with Crippen molar-refractivity contribution in [2.24, 2.45) is 0 Å². The fourth-order valence-corrected chi connectivity index (χ4v) is 5.45. The van der Waals surface area contributed by atoms with E-state index in [0.717, 1.165) is 5.56 Å². The van der Waals surface area contributed by atoms with Crippen LogP contribution in [-0.2, 0) is 21.2 Å². The van der Waals surface area contributed by atoms with Crippen LogP contribution in [0.1, 0.15) is 12.5 Å². The minimum absolute atomic E-state index is 0.0389. The summed E-state index contributed by atoms with van der Waals surface area (Å²) in [7, 11) is -3.12. The molecule has 2 atom stereocenters. The second-order valence-electron chi connectivity index (χ2n) is 6.02. The largest absolute Gasteiger partial charge is 0.336 e. The van der Waals surface area contributed by atoms with Crippen LogP contribution in [0, 0.1) is 5.82 Å². The van der Waals surface area contributed by atoms with Crippen LogP contribution in [0.15, 0.2) is 24.3 Å². The molecule has 2 fully saturated rings. The predicted molar refractivity (Wildman–Crippen MR) is 80.4 cm³/mol. The summed E-state index contributed by atoms with van der Waals surface area (Å²) in [5.74, 6) is -0.236. The molecule has 5 nitrogen and oxygen atoms in total. The molecule has 120 valence electrons. The molecule has 1 amide bonds. The predicted octanol–water partition coefficient (Wildman–Crippen LogP) is 0.655. The van der Waals surface area contributed by atoms with Crippen molar-refractivity contribution in [3.63, 3.8) is 0 Å². The molecule has 22 heavy (non-hydrogen) atoms. The molecule has 2 saturated heterocycles. The minimum atomic E-state index is -3.12. The lowest BCUT2D eigenvalue weighted by Crippen LogP contribution is -2.59. The van der Waals surface area contributed by atoms with E-state index < -0.39 is 9.84 Å². The number of benzene rings is 1. The zero-order chi connectivity index (χ0) is 15.9. The van der Waals surface area contributed by atoms with Gasteiger partial charge in [-0.1, -0.05) is 12.1 Å². The average molecular weight is 326 g/mol. The number of piperazine rings is 1. The highest BCUT2D eigenvalue weighted by atomic mass is 32.2. The zero-order valence-corrected chi connectivity index (χ0v) is 13.2. The Kier molecular flexibility index (Phi) is 3.94. The van der Waals surface area contributed by atoms with Gasteiger partial charge in [-0.3, -0.25) is 9.69 Å². The highest BCUT2D eigenvalue weighted by molar-refractivity contribution is 7.91. The summed E-state index contributed by atoms with van der Waals surface area (Å²) in [6.07, 6.45) is 0. The van der Waals surface area contributed by atoms with Crippen LogP contribution < -0.4 is 0 Å². The Morgan fingerprint density at radius 2 is 1.82 bits per heavy atom. The van der Waals surface area contributed by atoms with Gasteiger partial charge in [-0.2, -0.15) is 0 Å². The Bertz CT molecular complexity index is 675. The first kappa shape index (κ1) is 15.4. The quantitative estimate of drug-likeness (QED) is 0.801. The molecule has 2 heterocycles. The van der Waals surface area contributed by atoms with E-state index in [1.54, 1.807) is 17.0 Å². The normalized spacial score (nSPS) is 27.6. The van der Waals surface area contributed by atoms with Crippen molar-refractivity contribution in [1.82, 2.24) is 9.80 Å². The van der Waals surface area contributed by atoms with Crippen molar-refractivity contribution in [2.75, 3.05) is 24.6 Å². The van der Waals surface area contributed by atoms with Crippen LogP contribution in [0.5, 0.6) is 0 Å². The summed E-state index contributed by atoms with van der Waals surface area (Å²) in [6, 6.07) is 5.80. The maximum atomic E-state index is 13.0. The molecule has 2 aliphatic heterocycles. The maximum Gasteiger partial charge on any atom is 0.219 e. The van der Waals surface area contributed by atoms with Gasteiger partial charge in [0.1, 0.15) is 5.82 Å². The van der Waals surface area contributed by atoms with Crippen LogP contribution in [0.3, 0.4) is 0 Å². The number of hydrogen-bond acceptors (Lipinski definition) is 4. The summed E-state index contributed by atoms with van der Waals surface area (Å²) in [6.45, 7) is 3.22. The topological polar surface area (TPSA) is 57.7 Å². The van der Waals surface area contributed by atoms with Crippen molar-refractivity contribution in [1.29, 1.82) is 0 Å². The third kappa shape index (κ3) is 3.01. The van der Waals surface area contributed by atoms with E-state index in [-0.39, 0.29) is 35.3 Å². The molecule has 7 heteroatoms. The van der Waals surface area contributed by atoms with Crippen molar-refractivity contribution in [3.8, 4) is 0 Å². The van der Waals surface area contributed by atoms with E-state index in [9.17, 15) is 17.6 Å². The number of hydrogen-bond donors (Lipinski definition) is 0. The number of fused-ring (bicyclic) bond motifs is 1. The van der Waals surface area contributed by atoms with Crippen molar-refractivity contribution >= 4 is 15.7 Å². The monoisotopic (exact) mass is 326 g/mol. The van der Waals surface area contributed by atoms with E-state index in [2.05, 4.69) is 4.90 Å². The molecular formula is C15H19FN2O3S. The molecule has 0 unspecified atom stereocenters. The van der Waals surface area contributed by atoms with E-state index in [4.69, 9.17) is 0 Å². The maximum absolute atomic E-state index is 13.0. The molecular weight excluding hydrogens is 307 g/mol. The smallest absolute Gasteiger partial charge is 0.219 e. The molecule has 0 radical (unpaired) electrons. The molecule has 0 aliphatic carbocycles. The molecule has 1 aromatic carbocycles. The van der Waals surface area contributed by atoms with E-state index in [1.165, 1.54) is 19.1 Å². The van der Waals surface area contributed by atoms with E-state index in [0.29, 0.717) is 19.6 Å². The number of halogens is 1. The van der Waals surface area contributed by atoms with Gasteiger partial charge in [-0.05, 0) is 17.7 Å². The van der Waals surface area contributed by atoms with Gasteiger partial charge in [0.25, 0.3) is 0 Å². The Hall–Kier alpha value is -1.47. The summed E-state index contributed by atoms with van der Waals surface area (Å²) in [5, 5.41) is 0. The number of nitrogens with zero attached hydrogens (tertiary/aromatic N) is 2. The third-order valence-electron chi connectivity index (χ3n) is 4.49. The Labute approximate surface area is 129 Å². The van der Waals surface area contributed by atoms with Crippen molar-refractivity contribution < 1.29 is 17.6 Å². The van der Waals surface area contributed by atoms with E-state index in [1.807, 2.05) is 0 Å². The number of amides is 1. The van der Waals surface area contributed by atoms with Crippen LogP contribution in [-0.4, -0.2) is 60.8 Å². The molecule has 0 saturated carbocycles. The Morgan fingerprint density at radius 1 is 1.18 bits per heavy atom. The SMILES string of the molecule is CC(=O)N1CCN(Cc2ccc(F)cc2)[C@@H]2CS(=O)(=O)C[C@@H]21. The van der Waals surface area contributed by atoms with Gasteiger partial charge in [-0.15, -0.1) is 0 Å². The van der Waals surface area contributed by atoms with Gasteiger partial charge < -0.3 is 4.90 Å². The summed E-state index contributed by atoms with van der Waals surface area (Å²) >= 11 is 0. The van der Waals surface area contributed by atoms with Gasteiger partial charge >= 0.3 is 0 Å². The first-order valence-corrected chi connectivity index (χ1v) is 9.14. The van der Waals surface area contributed by atoms with Crippen LogP contribution in [0.25, 0.3) is 0 Å². The van der Waals surface area contributed by atoms with Crippen LogP contribution >= 0.6 is 0 Å². The summed E-state index contributed by atoms with van der Waals surface area (Å²) < 4.78 is 37.0. The fourth-order valence-electron chi connectivity index (χ4n) is 3.44. The highest BCUT2D eigenvalue weighted by Gasteiger charge is 2.47. The number of carbonyl (C=O) groups is 1. The first-order chi connectivity index (χ1) is 10.4. The lowest BCUT2D eigenvalue weighted by Gasteiger charge is -2.43. The second-order valence-corrected chi connectivity index (χ2v) is 8.17. The van der Waals surface area contributed by atoms with Crippen molar-refractivity contribution in [3.05, 3.63) is 35.6 Å². The number of sulfone groups is 1. The zero-order valence-electron chi connectivity index (χ0n) is 12.4. The Morgan fingerprint density at radius 3 is 2.45 bits per heavy atom. The number of rotatable bonds is 2. The molecule has 2 aliphatic rings. The fraction of sp³-hybridized carbons (Fsp3) is 0.533. The van der Waals surface area contributed by atoms with Gasteiger partial charge in [-0.25, -0.2) is 12.8 Å². The highest BCUT2D eigenvalue weighted by Crippen LogP contribution is 2.28. The molecule has 0 spiro atoms. The molecule has 0 aromatic heterocycles. The Balaban J connectivity index is 1.81. The van der Waals surface area contributed by atoms with Gasteiger partial charge in [0.2, 0.25) is 5.91 Å².